The van der Waals surface area contributed by atoms with Crippen LogP contribution in [0.4, 0.5) is 5.69 Å². The minimum atomic E-state index is 0.660. The standard InChI is InChI=1S/C17H17N3/c1-3-20(17-10-4-14(2)5-11-17)19-13-16-8-6-15(12-18)7-9-16/h4-11,13H,3H2,1-2H3/b19-13-. The molecule has 20 heavy (non-hydrogen) atoms. The Hall–Kier alpha value is -2.60. The van der Waals surface area contributed by atoms with Gasteiger partial charge in [-0.3, -0.25) is 5.01 Å². The summed E-state index contributed by atoms with van der Waals surface area (Å²) in [5.74, 6) is 0. The minimum absolute atomic E-state index is 0.660. The van der Waals surface area contributed by atoms with Crippen LogP contribution in [0, 0.1) is 18.3 Å². The Morgan fingerprint density at radius 1 is 1.10 bits per heavy atom. The van der Waals surface area contributed by atoms with E-state index in [1.54, 1.807) is 12.1 Å². The molecule has 0 atom stereocenters. The Bertz CT molecular complexity index is 619. The van der Waals surface area contributed by atoms with Crippen molar-refractivity contribution in [2.45, 2.75) is 13.8 Å². The first-order valence-corrected chi connectivity index (χ1v) is 6.61. The highest BCUT2D eigenvalue weighted by molar-refractivity contribution is 5.80. The Kier molecular flexibility index (Phi) is 4.52. The molecule has 3 heteroatoms. The van der Waals surface area contributed by atoms with Gasteiger partial charge in [0.1, 0.15) is 0 Å². The smallest absolute Gasteiger partial charge is 0.0991 e. The second-order valence-corrected chi connectivity index (χ2v) is 4.53. The molecular formula is C17H17N3. The molecule has 2 rings (SSSR count). The van der Waals surface area contributed by atoms with Crippen molar-refractivity contribution in [1.29, 1.82) is 5.26 Å². The fourth-order valence-corrected chi connectivity index (χ4v) is 1.83. The van der Waals surface area contributed by atoms with Crippen LogP contribution >= 0.6 is 0 Å². The number of hydrogen-bond acceptors (Lipinski definition) is 3. The minimum Gasteiger partial charge on any atom is -0.266 e. The molecule has 0 unspecified atom stereocenters. The van der Waals surface area contributed by atoms with Gasteiger partial charge in [-0.2, -0.15) is 10.4 Å². The lowest BCUT2D eigenvalue weighted by Crippen LogP contribution is -2.15. The molecule has 100 valence electrons. The van der Waals surface area contributed by atoms with Crippen molar-refractivity contribution >= 4 is 11.9 Å². The average Bonchev–Trinajstić information content (AvgIpc) is 2.50. The van der Waals surface area contributed by atoms with Crippen LogP contribution in [-0.4, -0.2) is 12.8 Å². The van der Waals surface area contributed by atoms with E-state index in [4.69, 9.17) is 5.26 Å². The van der Waals surface area contributed by atoms with E-state index in [-0.39, 0.29) is 0 Å². The number of anilines is 1. The third kappa shape index (κ3) is 3.46. The summed E-state index contributed by atoms with van der Waals surface area (Å²) >= 11 is 0. The van der Waals surface area contributed by atoms with Gasteiger partial charge in [0.25, 0.3) is 0 Å². The van der Waals surface area contributed by atoms with E-state index in [0.29, 0.717) is 5.56 Å². The summed E-state index contributed by atoms with van der Waals surface area (Å²) in [6.07, 6.45) is 1.81. The fourth-order valence-electron chi connectivity index (χ4n) is 1.83. The summed E-state index contributed by atoms with van der Waals surface area (Å²) < 4.78 is 0. The highest BCUT2D eigenvalue weighted by atomic mass is 15.4. The van der Waals surface area contributed by atoms with Gasteiger partial charge in [0.15, 0.2) is 0 Å². The van der Waals surface area contributed by atoms with E-state index < -0.39 is 0 Å². The van der Waals surface area contributed by atoms with Crippen LogP contribution in [-0.2, 0) is 0 Å². The highest BCUT2D eigenvalue weighted by Crippen LogP contribution is 2.15. The predicted molar refractivity (Wildman–Crippen MR) is 83.0 cm³/mol. The molecule has 0 spiro atoms. The van der Waals surface area contributed by atoms with Crippen LogP contribution in [0.3, 0.4) is 0 Å². The summed E-state index contributed by atoms with van der Waals surface area (Å²) in [5.41, 5.74) is 3.95. The highest BCUT2D eigenvalue weighted by Gasteiger charge is 2.00. The summed E-state index contributed by atoms with van der Waals surface area (Å²) in [5, 5.41) is 15.2. The first-order chi connectivity index (χ1) is 9.72. The molecule has 0 aromatic heterocycles. The van der Waals surface area contributed by atoms with Gasteiger partial charge in [-0.1, -0.05) is 29.8 Å². The Morgan fingerprint density at radius 2 is 1.75 bits per heavy atom. The SMILES string of the molecule is CCN(/N=C\c1ccc(C#N)cc1)c1ccc(C)cc1. The third-order valence-electron chi connectivity index (χ3n) is 3.02. The van der Waals surface area contributed by atoms with Gasteiger partial charge < -0.3 is 0 Å². The second-order valence-electron chi connectivity index (χ2n) is 4.53. The van der Waals surface area contributed by atoms with E-state index in [1.165, 1.54) is 5.56 Å². The van der Waals surface area contributed by atoms with Crippen molar-refractivity contribution in [2.75, 3.05) is 11.6 Å². The molecule has 0 N–H and O–H groups in total. The topological polar surface area (TPSA) is 39.4 Å². The number of rotatable bonds is 4. The molecule has 2 aromatic carbocycles. The molecule has 0 aliphatic heterocycles. The summed E-state index contributed by atoms with van der Waals surface area (Å²) in [7, 11) is 0. The van der Waals surface area contributed by atoms with Gasteiger partial charge in [0, 0.05) is 6.54 Å². The monoisotopic (exact) mass is 263 g/mol. The van der Waals surface area contributed by atoms with Crippen LogP contribution in [0.1, 0.15) is 23.6 Å². The number of hydrogen-bond donors (Lipinski definition) is 0. The van der Waals surface area contributed by atoms with Crippen molar-refractivity contribution in [3.63, 3.8) is 0 Å². The number of nitrogens with zero attached hydrogens (tertiary/aromatic N) is 3. The van der Waals surface area contributed by atoms with E-state index in [2.05, 4.69) is 49.3 Å². The number of nitriles is 1. The molecular weight excluding hydrogens is 246 g/mol. The van der Waals surface area contributed by atoms with E-state index in [0.717, 1.165) is 17.8 Å². The molecule has 0 fully saturated rings. The normalized spacial score (nSPS) is 10.4. The van der Waals surface area contributed by atoms with Gasteiger partial charge in [-0.15, -0.1) is 0 Å². The largest absolute Gasteiger partial charge is 0.266 e. The van der Waals surface area contributed by atoms with Crippen LogP contribution in [0.2, 0.25) is 0 Å². The lowest BCUT2D eigenvalue weighted by Gasteiger charge is -2.16. The Labute approximate surface area is 119 Å². The summed E-state index contributed by atoms with van der Waals surface area (Å²) in [4.78, 5) is 0. The van der Waals surface area contributed by atoms with Crippen molar-refractivity contribution in [3.05, 3.63) is 65.2 Å². The lowest BCUT2D eigenvalue weighted by molar-refractivity contribution is 0.897. The maximum atomic E-state index is 8.76. The van der Waals surface area contributed by atoms with Crippen LogP contribution in [0.15, 0.2) is 53.6 Å². The van der Waals surface area contributed by atoms with Gasteiger partial charge in [0.05, 0.1) is 23.5 Å². The zero-order valence-electron chi connectivity index (χ0n) is 11.7. The molecule has 2 aromatic rings. The predicted octanol–water partition coefficient (Wildman–Crippen LogP) is 3.73. The lowest BCUT2D eigenvalue weighted by atomic mass is 10.2. The Balaban J connectivity index is 2.14. The quantitative estimate of drug-likeness (QED) is 0.623. The van der Waals surface area contributed by atoms with Crippen LogP contribution in [0.25, 0.3) is 0 Å². The maximum Gasteiger partial charge on any atom is 0.0991 e. The Morgan fingerprint density at radius 3 is 2.30 bits per heavy atom. The summed E-state index contributed by atoms with van der Waals surface area (Å²) in [6, 6.07) is 17.8. The zero-order valence-corrected chi connectivity index (χ0v) is 11.7. The molecule has 0 aliphatic rings. The fraction of sp³-hybridized carbons (Fsp3) is 0.176. The van der Waals surface area contributed by atoms with Crippen molar-refractivity contribution < 1.29 is 0 Å². The van der Waals surface area contributed by atoms with E-state index >= 15 is 0 Å². The molecule has 0 amide bonds. The molecule has 3 nitrogen and oxygen atoms in total. The van der Waals surface area contributed by atoms with Crippen molar-refractivity contribution in [3.8, 4) is 6.07 Å². The molecule has 0 bridgehead atoms. The number of aryl methyl sites for hydroxylation is 1. The van der Waals surface area contributed by atoms with Gasteiger partial charge in [0.2, 0.25) is 0 Å². The van der Waals surface area contributed by atoms with Crippen molar-refractivity contribution in [2.24, 2.45) is 5.10 Å². The zero-order chi connectivity index (χ0) is 14.4. The van der Waals surface area contributed by atoms with E-state index in [1.807, 2.05) is 23.4 Å². The molecule has 0 heterocycles. The first-order valence-electron chi connectivity index (χ1n) is 6.61. The van der Waals surface area contributed by atoms with Crippen molar-refractivity contribution in [1.82, 2.24) is 0 Å². The number of benzene rings is 2. The molecule has 0 aliphatic carbocycles. The van der Waals surface area contributed by atoms with Gasteiger partial charge >= 0.3 is 0 Å². The molecule has 0 radical (unpaired) electrons. The average molecular weight is 263 g/mol. The third-order valence-corrected chi connectivity index (χ3v) is 3.02. The molecule has 0 saturated carbocycles. The number of hydrazone groups is 1. The summed E-state index contributed by atoms with van der Waals surface area (Å²) in [6.45, 7) is 4.94. The van der Waals surface area contributed by atoms with Crippen LogP contribution in [0.5, 0.6) is 0 Å². The second kappa shape index (κ2) is 6.53. The molecule has 0 saturated heterocycles. The first kappa shape index (κ1) is 13.8. The van der Waals surface area contributed by atoms with Crippen LogP contribution < -0.4 is 5.01 Å². The van der Waals surface area contributed by atoms with E-state index in [9.17, 15) is 0 Å². The van der Waals surface area contributed by atoms with Gasteiger partial charge in [-0.25, -0.2) is 0 Å². The van der Waals surface area contributed by atoms with Gasteiger partial charge in [-0.05, 0) is 43.7 Å². The maximum absolute atomic E-state index is 8.76.